The average molecular weight is 177 g/mol. The lowest BCUT2D eigenvalue weighted by molar-refractivity contribution is 0.241. The zero-order chi connectivity index (χ0) is 9.26. The van der Waals surface area contributed by atoms with Crippen LogP contribution in [0.15, 0.2) is 24.8 Å². The second-order valence-electron chi connectivity index (χ2n) is 3.06. The van der Waals surface area contributed by atoms with Gasteiger partial charge in [-0.1, -0.05) is 0 Å². The van der Waals surface area contributed by atoms with Crippen molar-refractivity contribution in [3.05, 3.63) is 24.8 Å². The summed E-state index contributed by atoms with van der Waals surface area (Å²) in [4.78, 5) is 8.08. The molecule has 0 saturated heterocycles. The molecule has 2 rings (SSSR count). The maximum Gasteiger partial charge on any atom is 0.143 e. The van der Waals surface area contributed by atoms with Crippen LogP contribution in [0.2, 0.25) is 0 Å². The molecule has 0 saturated carbocycles. The van der Waals surface area contributed by atoms with Gasteiger partial charge < -0.3 is 9.67 Å². The van der Waals surface area contributed by atoms with Crippen LogP contribution in [0.25, 0.3) is 11.0 Å². The Labute approximate surface area is 75.9 Å². The monoisotopic (exact) mass is 177 g/mol. The fraction of sp³-hybridized carbons (Fsp3) is 0.333. The number of fused-ring (bicyclic) bond motifs is 1. The van der Waals surface area contributed by atoms with Gasteiger partial charge in [-0.15, -0.1) is 0 Å². The molecule has 1 atom stereocenters. The molecule has 0 aliphatic heterocycles. The van der Waals surface area contributed by atoms with Crippen molar-refractivity contribution in [3.8, 4) is 0 Å². The zero-order valence-corrected chi connectivity index (χ0v) is 7.38. The highest BCUT2D eigenvalue weighted by molar-refractivity contribution is 5.74. The van der Waals surface area contributed by atoms with Crippen LogP contribution in [0.4, 0.5) is 0 Å². The molecule has 0 aromatic carbocycles. The first-order valence-electron chi connectivity index (χ1n) is 4.20. The van der Waals surface area contributed by atoms with Crippen molar-refractivity contribution in [1.82, 2.24) is 14.5 Å². The number of aliphatic hydroxyl groups is 1. The minimum atomic E-state index is 0.0624. The predicted octanol–water partition coefficient (Wildman–Crippen LogP) is 0.985. The number of aromatic nitrogens is 3. The minimum absolute atomic E-state index is 0.0624. The average Bonchev–Trinajstić information content (AvgIpc) is 2.60. The van der Waals surface area contributed by atoms with E-state index >= 15 is 0 Å². The molecule has 1 unspecified atom stereocenters. The van der Waals surface area contributed by atoms with Gasteiger partial charge in [-0.25, -0.2) is 9.97 Å². The Bertz CT molecular complexity index is 410. The summed E-state index contributed by atoms with van der Waals surface area (Å²) in [6.45, 7) is 2.06. The molecular weight excluding hydrogens is 166 g/mol. The molecule has 4 nitrogen and oxygen atoms in total. The zero-order valence-electron chi connectivity index (χ0n) is 7.38. The van der Waals surface area contributed by atoms with E-state index in [-0.39, 0.29) is 12.6 Å². The third-order valence-corrected chi connectivity index (χ3v) is 2.12. The number of rotatable bonds is 2. The van der Waals surface area contributed by atoms with Crippen molar-refractivity contribution in [2.24, 2.45) is 0 Å². The van der Waals surface area contributed by atoms with E-state index in [4.69, 9.17) is 5.11 Å². The lowest BCUT2D eigenvalue weighted by Gasteiger charge is -2.10. The number of nitrogens with zero attached hydrogens (tertiary/aromatic N) is 3. The molecule has 2 heterocycles. The molecule has 13 heavy (non-hydrogen) atoms. The first-order chi connectivity index (χ1) is 6.33. The number of aliphatic hydroxyl groups excluding tert-OH is 1. The van der Waals surface area contributed by atoms with Gasteiger partial charge in [-0.3, -0.25) is 0 Å². The van der Waals surface area contributed by atoms with Crippen LogP contribution in [-0.2, 0) is 0 Å². The van der Waals surface area contributed by atoms with Gasteiger partial charge in [-0.05, 0) is 13.0 Å². The van der Waals surface area contributed by atoms with E-state index in [9.17, 15) is 0 Å². The van der Waals surface area contributed by atoms with Crippen molar-refractivity contribution in [3.63, 3.8) is 0 Å². The summed E-state index contributed by atoms with van der Waals surface area (Å²) in [6.07, 6.45) is 5.20. The van der Waals surface area contributed by atoms with Crippen molar-refractivity contribution in [2.45, 2.75) is 13.0 Å². The first-order valence-corrected chi connectivity index (χ1v) is 4.20. The molecule has 1 N–H and O–H groups in total. The van der Waals surface area contributed by atoms with Crippen LogP contribution in [0, 0.1) is 0 Å². The molecule has 4 heteroatoms. The highest BCUT2D eigenvalue weighted by Crippen LogP contribution is 2.15. The van der Waals surface area contributed by atoms with Crippen molar-refractivity contribution >= 4 is 11.0 Å². The molecule has 0 amide bonds. The van der Waals surface area contributed by atoms with E-state index in [1.165, 1.54) is 6.33 Å². The van der Waals surface area contributed by atoms with Crippen molar-refractivity contribution < 1.29 is 5.11 Å². The summed E-state index contributed by atoms with van der Waals surface area (Å²) in [5.74, 6) is 0. The third kappa shape index (κ3) is 1.29. The normalized spacial score (nSPS) is 13.4. The standard InChI is InChI=1S/C9H11N3O/c1-7(5-13)12-3-2-8-4-10-6-11-9(8)12/h2-4,6-7,13H,5H2,1H3. The molecule has 2 aromatic heterocycles. The highest BCUT2D eigenvalue weighted by atomic mass is 16.3. The van der Waals surface area contributed by atoms with Gasteiger partial charge in [0.1, 0.15) is 12.0 Å². The van der Waals surface area contributed by atoms with Crippen LogP contribution < -0.4 is 0 Å². The number of hydrogen-bond donors (Lipinski definition) is 1. The van der Waals surface area contributed by atoms with E-state index in [0.717, 1.165) is 11.0 Å². The molecule has 0 aliphatic rings. The molecule has 2 aromatic rings. The lowest BCUT2D eigenvalue weighted by Crippen LogP contribution is -2.08. The van der Waals surface area contributed by atoms with Gasteiger partial charge in [0.2, 0.25) is 0 Å². The summed E-state index contributed by atoms with van der Waals surface area (Å²) in [6, 6.07) is 2.01. The van der Waals surface area contributed by atoms with E-state index in [0.29, 0.717) is 0 Å². The predicted molar refractivity (Wildman–Crippen MR) is 49.3 cm³/mol. The van der Waals surface area contributed by atoms with Gasteiger partial charge in [0, 0.05) is 17.8 Å². The maximum absolute atomic E-state index is 9.00. The summed E-state index contributed by atoms with van der Waals surface area (Å²) in [5.41, 5.74) is 0.872. The Morgan fingerprint density at radius 2 is 2.46 bits per heavy atom. The summed E-state index contributed by atoms with van der Waals surface area (Å²) in [7, 11) is 0. The largest absolute Gasteiger partial charge is 0.394 e. The van der Waals surface area contributed by atoms with Gasteiger partial charge >= 0.3 is 0 Å². The van der Waals surface area contributed by atoms with Crippen molar-refractivity contribution in [2.75, 3.05) is 6.61 Å². The second-order valence-corrected chi connectivity index (χ2v) is 3.06. The minimum Gasteiger partial charge on any atom is -0.394 e. The first kappa shape index (κ1) is 8.19. The van der Waals surface area contributed by atoms with E-state index < -0.39 is 0 Å². The van der Waals surface area contributed by atoms with Crippen LogP contribution >= 0.6 is 0 Å². The summed E-state index contributed by atoms with van der Waals surface area (Å²) >= 11 is 0. The SMILES string of the molecule is CC(CO)n1ccc2cncnc21. The van der Waals surface area contributed by atoms with Crippen LogP contribution in [-0.4, -0.2) is 26.2 Å². The Hall–Kier alpha value is -1.42. The number of hydrogen-bond acceptors (Lipinski definition) is 3. The Balaban J connectivity index is 2.57. The van der Waals surface area contributed by atoms with E-state index in [2.05, 4.69) is 9.97 Å². The van der Waals surface area contributed by atoms with Crippen LogP contribution in [0.5, 0.6) is 0 Å². The Morgan fingerprint density at radius 1 is 1.62 bits per heavy atom. The maximum atomic E-state index is 9.00. The molecule has 0 radical (unpaired) electrons. The van der Waals surface area contributed by atoms with Gasteiger partial charge in [0.15, 0.2) is 0 Å². The van der Waals surface area contributed by atoms with E-state index in [1.54, 1.807) is 6.20 Å². The third-order valence-electron chi connectivity index (χ3n) is 2.12. The summed E-state index contributed by atoms with van der Waals surface area (Å²) in [5, 5.41) is 10.0. The van der Waals surface area contributed by atoms with Gasteiger partial charge in [-0.2, -0.15) is 0 Å². The Morgan fingerprint density at radius 3 is 3.23 bits per heavy atom. The van der Waals surface area contributed by atoms with Crippen LogP contribution in [0.3, 0.4) is 0 Å². The smallest absolute Gasteiger partial charge is 0.143 e. The molecule has 0 fully saturated rings. The highest BCUT2D eigenvalue weighted by Gasteiger charge is 2.06. The Kier molecular flexibility index (Phi) is 1.98. The topological polar surface area (TPSA) is 50.9 Å². The lowest BCUT2D eigenvalue weighted by atomic mass is 10.3. The quantitative estimate of drug-likeness (QED) is 0.744. The molecule has 0 spiro atoms. The fourth-order valence-electron chi connectivity index (χ4n) is 1.34. The van der Waals surface area contributed by atoms with Gasteiger partial charge in [0.05, 0.1) is 12.6 Å². The molecular formula is C9H11N3O. The second kappa shape index (κ2) is 3.14. The molecule has 0 bridgehead atoms. The molecule has 68 valence electrons. The van der Waals surface area contributed by atoms with Crippen LogP contribution in [0.1, 0.15) is 13.0 Å². The molecule has 0 aliphatic carbocycles. The summed E-state index contributed by atoms with van der Waals surface area (Å²) < 4.78 is 1.94. The van der Waals surface area contributed by atoms with Gasteiger partial charge in [0.25, 0.3) is 0 Å². The fourth-order valence-corrected chi connectivity index (χ4v) is 1.34. The van der Waals surface area contributed by atoms with E-state index in [1.807, 2.05) is 23.8 Å². The van der Waals surface area contributed by atoms with Crippen molar-refractivity contribution in [1.29, 1.82) is 0 Å².